The molecule has 0 aromatic heterocycles. The van der Waals surface area contributed by atoms with Gasteiger partial charge in [-0.05, 0) is 38.2 Å². The van der Waals surface area contributed by atoms with Gasteiger partial charge in [0, 0.05) is 11.6 Å². The van der Waals surface area contributed by atoms with Crippen LogP contribution >= 0.6 is 11.6 Å². The van der Waals surface area contributed by atoms with E-state index in [-0.39, 0.29) is 18.6 Å². The molecule has 7 heteroatoms. The molecule has 0 radical (unpaired) electrons. The first-order valence-corrected chi connectivity index (χ1v) is 9.42. The summed E-state index contributed by atoms with van der Waals surface area (Å²) >= 11 is 6.28. The third kappa shape index (κ3) is 6.55. The number of rotatable bonds is 8. The maximum absolute atomic E-state index is 12.4. The summed E-state index contributed by atoms with van der Waals surface area (Å²) in [5.41, 5.74) is 1.81. The quantitative estimate of drug-likeness (QED) is 0.708. The molecule has 2 atom stereocenters. The van der Waals surface area contributed by atoms with Gasteiger partial charge in [-0.15, -0.1) is 0 Å². The fourth-order valence-corrected chi connectivity index (χ4v) is 2.94. The average molecular weight is 404 g/mol. The highest BCUT2D eigenvalue weighted by Gasteiger charge is 2.21. The molecule has 0 heterocycles. The predicted octanol–water partition coefficient (Wildman–Crippen LogP) is 3.37. The van der Waals surface area contributed by atoms with E-state index in [1.807, 2.05) is 73.6 Å². The zero-order valence-corrected chi connectivity index (χ0v) is 17.1. The van der Waals surface area contributed by atoms with Gasteiger partial charge in [0.15, 0.2) is 0 Å². The second-order valence-electron chi connectivity index (χ2n) is 6.67. The number of hydrogen-bond donors (Lipinski definition) is 2. The third-order valence-electron chi connectivity index (χ3n) is 4.30. The number of carbonyl (C=O) groups excluding carboxylic acids is 2. The summed E-state index contributed by atoms with van der Waals surface area (Å²) in [6.45, 7) is 2.12. The van der Waals surface area contributed by atoms with Gasteiger partial charge in [0.25, 0.3) is 0 Å². The van der Waals surface area contributed by atoms with Gasteiger partial charge in [-0.25, -0.2) is 4.79 Å². The molecular weight excluding hydrogens is 378 g/mol. The fraction of sp³-hybridized carbons (Fsp3) is 0.333. The molecule has 0 spiro atoms. The molecule has 6 nitrogen and oxygen atoms in total. The Kier molecular flexibility index (Phi) is 8.29. The van der Waals surface area contributed by atoms with Gasteiger partial charge in [0.1, 0.15) is 12.6 Å². The van der Waals surface area contributed by atoms with Gasteiger partial charge in [-0.1, -0.05) is 60.1 Å². The molecule has 2 amide bonds. The van der Waals surface area contributed by atoms with Gasteiger partial charge >= 0.3 is 6.09 Å². The topological polar surface area (TPSA) is 70.7 Å². The molecule has 0 unspecified atom stereocenters. The van der Waals surface area contributed by atoms with Crippen molar-refractivity contribution in [1.82, 2.24) is 15.5 Å². The molecule has 0 fully saturated rings. The molecule has 28 heavy (non-hydrogen) atoms. The Hall–Kier alpha value is -2.57. The van der Waals surface area contributed by atoms with Crippen molar-refractivity contribution >= 4 is 23.6 Å². The molecular formula is C21H26ClN3O3. The second kappa shape index (κ2) is 10.7. The SMILES string of the molecule is C[C@@H](NC(=O)OCc1ccccc1)C(=O)NC[C@@H](c1ccccc1Cl)N(C)C. The maximum Gasteiger partial charge on any atom is 0.408 e. The number of carbonyl (C=O) groups is 2. The van der Waals surface area contributed by atoms with Crippen LogP contribution in [0.2, 0.25) is 5.02 Å². The van der Waals surface area contributed by atoms with Crippen molar-refractivity contribution in [3.63, 3.8) is 0 Å². The van der Waals surface area contributed by atoms with Gasteiger partial charge in [0.2, 0.25) is 5.91 Å². The highest BCUT2D eigenvalue weighted by Crippen LogP contribution is 2.25. The van der Waals surface area contributed by atoms with Crippen molar-refractivity contribution in [2.24, 2.45) is 0 Å². The van der Waals surface area contributed by atoms with Crippen molar-refractivity contribution in [2.75, 3.05) is 20.6 Å². The number of ether oxygens (including phenoxy) is 1. The van der Waals surface area contributed by atoms with Crippen molar-refractivity contribution < 1.29 is 14.3 Å². The summed E-state index contributed by atoms with van der Waals surface area (Å²) in [6, 6.07) is 16.1. The summed E-state index contributed by atoms with van der Waals surface area (Å²) in [7, 11) is 3.84. The number of nitrogens with zero attached hydrogens (tertiary/aromatic N) is 1. The zero-order chi connectivity index (χ0) is 20.5. The van der Waals surface area contributed by atoms with Gasteiger partial charge in [-0.3, -0.25) is 4.79 Å². The van der Waals surface area contributed by atoms with Gasteiger partial charge < -0.3 is 20.3 Å². The minimum Gasteiger partial charge on any atom is -0.445 e. The van der Waals surface area contributed by atoms with Crippen molar-refractivity contribution in [3.05, 3.63) is 70.7 Å². The van der Waals surface area contributed by atoms with Crippen LogP contribution in [0.1, 0.15) is 24.1 Å². The van der Waals surface area contributed by atoms with Crippen molar-refractivity contribution in [1.29, 1.82) is 0 Å². The Bertz CT molecular complexity index is 783. The summed E-state index contributed by atoms with van der Waals surface area (Å²) in [5.74, 6) is -0.296. The van der Waals surface area contributed by atoms with Crippen molar-refractivity contribution in [2.45, 2.75) is 25.6 Å². The van der Waals surface area contributed by atoms with Crippen LogP contribution in [-0.4, -0.2) is 43.6 Å². The summed E-state index contributed by atoms with van der Waals surface area (Å²) < 4.78 is 5.14. The third-order valence-corrected chi connectivity index (χ3v) is 4.64. The monoisotopic (exact) mass is 403 g/mol. The summed E-state index contributed by atoms with van der Waals surface area (Å²) in [6.07, 6.45) is -0.637. The maximum atomic E-state index is 12.4. The second-order valence-corrected chi connectivity index (χ2v) is 7.08. The van der Waals surface area contributed by atoms with Crippen LogP contribution in [0.4, 0.5) is 4.79 Å². The van der Waals surface area contributed by atoms with E-state index in [1.165, 1.54) is 0 Å². The molecule has 0 aliphatic carbocycles. The molecule has 150 valence electrons. The molecule has 0 aliphatic rings. The lowest BCUT2D eigenvalue weighted by molar-refractivity contribution is -0.122. The Morgan fingerprint density at radius 2 is 1.71 bits per heavy atom. The number of alkyl carbamates (subject to hydrolysis) is 1. The van der Waals surface area contributed by atoms with Crippen LogP contribution in [0, 0.1) is 0 Å². The lowest BCUT2D eigenvalue weighted by Crippen LogP contribution is -2.46. The molecule has 2 aromatic carbocycles. The van der Waals surface area contributed by atoms with E-state index in [0.29, 0.717) is 11.6 Å². The number of benzene rings is 2. The molecule has 2 N–H and O–H groups in total. The molecule has 2 rings (SSSR count). The van der Waals surface area contributed by atoms with Crippen molar-refractivity contribution in [3.8, 4) is 0 Å². The van der Waals surface area contributed by atoms with Crippen LogP contribution < -0.4 is 10.6 Å². The predicted molar refractivity (Wildman–Crippen MR) is 110 cm³/mol. The van der Waals surface area contributed by atoms with E-state index in [2.05, 4.69) is 10.6 Å². The Morgan fingerprint density at radius 1 is 1.07 bits per heavy atom. The molecule has 0 saturated carbocycles. The van der Waals surface area contributed by atoms with E-state index < -0.39 is 12.1 Å². The first-order chi connectivity index (χ1) is 13.4. The van der Waals surface area contributed by atoms with E-state index in [0.717, 1.165) is 11.1 Å². The van der Waals surface area contributed by atoms with Crippen LogP contribution in [0.3, 0.4) is 0 Å². The average Bonchev–Trinajstić information content (AvgIpc) is 2.68. The van der Waals surface area contributed by atoms with E-state index in [4.69, 9.17) is 16.3 Å². The Morgan fingerprint density at radius 3 is 2.36 bits per heavy atom. The van der Waals surface area contributed by atoms with E-state index in [1.54, 1.807) is 6.92 Å². The van der Waals surface area contributed by atoms with E-state index in [9.17, 15) is 9.59 Å². The zero-order valence-electron chi connectivity index (χ0n) is 16.3. The van der Waals surface area contributed by atoms with Gasteiger partial charge in [-0.2, -0.15) is 0 Å². The van der Waals surface area contributed by atoms with Gasteiger partial charge in [0.05, 0.1) is 6.04 Å². The summed E-state index contributed by atoms with van der Waals surface area (Å²) in [4.78, 5) is 26.2. The molecule has 0 aliphatic heterocycles. The number of amides is 2. The number of hydrogen-bond acceptors (Lipinski definition) is 4. The number of nitrogens with one attached hydrogen (secondary N) is 2. The lowest BCUT2D eigenvalue weighted by Gasteiger charge is -2.26. The number of halogens is 1. The first-order valence-electron chi connectivity index (χ1n) is 9.04. The largest absolute Gasteiger partial charge is 0.445 e. The van der Waals surface area contributed by atoms with Crippen LogP contribution in [0.25, 0.3) is 0 Å². The molecule has 0 saturated heterocycles. The highest BCUT2D eigenvalue weighted by molar-refractivity contribution is 6.31. The minimum atomic E-state index is -0.725. The Labute approximate surface area is 170 Å². The molecule has 2 aromatic rings. The van der Waals surface area contributed by atoms with E-state index >= 15 is 0 Å². The van der Waals surface area contributed by atoms with Crippen LogP contribution in [0.5, 0.6) is 0 Å². The lowest BCUT2D eigenvalue weighted by atomic mass is 10.1. The standard InChI is InChI=1S/C21H26ClN3O3/c1-15(24-21(27)28-14-16-9-5-4-6-10-16)20(26)23-13-19(25(2)3)17-11-7-8-12-18(17)22/h4-12,15,19H,13-14H2,1-3H3,(H,23,26)(H,24,27)/t15-,19+/m1/s1. The smallest absolute Gasteiger partial charge is 0.408 e. The molecule has 0 bridgehead atoms. The number of likely N-dealkylation sites (N-methyl/N-ethyl adjacent to an activating group) is 1. The Balaban J connectivity index is 1.83. The van der Waals surface area contributed by atoms with Crippen LogP contribution in [0.15, 0.2) is 54.6 Å². The first kappa shape index (κ1) is 21.7. The fourth-order valence-electron chi connectivity index (χ4n) is 2.67. The normalized spacial score (nSPS) is 12.9. The minimum absolute atomic E-state index is 0.0881. The van der Waals surface area contributed by atoms with Crippen LogP contribution in [-0.2, 0) is 16.1 Å². The summed E-state index contributed by atoms with van der Waals surface area (Å²) in [5, 5.41) is 6.04. The highest BCUT2D eigenvalue weighted by atomic mass is 35.5.